The van der Waals surface area contributed by atoms with E-state index in [4.69, 9.17) is 17.7 Å². The Morgan fingerprint density at radius 2 is 0.741 bits per heavy atom. The maximum absolute atomic E-state index is 13.8. The molecule has 6 aromatic rings. The van der Waals surface area contributed by atoms with Crippen LogP contribution in [0.15, 0.2) is 164 Å². The molecule has 0 amide bonds. The molecule has 1 saturated heterocycles. The van der Waals surface area contributed by atoms with Gasteiger partial charge in [-0.15, -0.1) is 0 Å². The zero-order valence-corrected chi connectivity index (χ0v) is 36.4. The van der Waals surface area contributed by atoms with Crippen molar-refractivity contribution in [3.05, 3.63) is 178 Å². The third-order valence-corrected chi connectivity index (χ3v) is 21.2. The summed E-state index contributed by atoms with van der Waals surface area (Å²) in [6, 6.07) is 44.2. The summed E-state index contributed by atoms with van der Waals surface area (Å²) < 4.78 is 26.8. The summed E-state index contributed by atoms with van der Waals surface area (Å²) in [5.74, 6) is 1.58. The molecule has 1 aliphatic rings. The Bertz CT molecular complexity index is 2130. The molecule has 7 rings (SSSR count). The molecule has 0 radical (unpaired) electrons. The fourth-order valence-electron chi connectivity index (χ4n) is 8.44. The van der Waals surface area contributed by atoms with Crippen molar-refractivity contribution in [3.63, 3.8) is 0 Å². The molecule has 2 aromatic heterocycles. The molecule has 0 N–H and O–H groups in total. The van der Waals surface area contributed by atoms with E-state index in [9.17, 15) is 9.59 Å². The van der Waals surface area contributed by atoms with Gasteiger partial charge >= 0.3 is 16.6 Å². The minimum absolute atomic E-state index is 0.194. The van der Waals surface area contributed by atoms with Gasteiger partial charge in [0.2, 0.25) is 10.9 Å². The van der Waals surface area contributed by atoms with Gasteiger partial charge in [-0.05, 0) is 30.8 Å². The highest BCUT2D eigenvalue weighted by molar-refractivity contribution is 7.00. The maximum atomic E-state index is 13.8. The van der Waals surface area contributed by atoms with Gasteiger partial charge in [0.05, 0.1) is 25.6 Å². The largest absolute Gasteiger partial charge is 0.529 e. The van der Waals surface area contributed by atoms with Crippen LogP contribution in [0.2, 0.25) is 10.1 Å². The average Bonchev–Trinajstić information content (AvgIpc) is 3.22. The monoisotopic (exact) mass is 810 g/mol. The highest BCUT2D eigenvalue weighted by Crippen LogP contribution is 2.39. The van der Waals surface area contributed by atoms with E-state index >= 15 is 0 Å². The van der Waals surface area contributed by atoms with Crippen molar-refractivity contribution in [1.29, 1.82) is 0 Å². The Labute approximate surface area is 344 Å². The van der Waals surface area contributed by atoms with E-state index in [2.05, 4.69) is 99.9 Å². The number of benzene rings is 4. The van der Waals surface area contributed by atoms with E-state index in [0.29, 0.717) is 50.8 Å². The summed E-state index contributed by atoms with van der Waals surface area (Å²) in [5.41, 5.74) is -0.388. The van der Waals surface area contributed by atoms with Crippen LogP contribution in [-0.2, 0) is 13.1 Å². The topological polar surface area (TPSA) is 85.4 Å². The minimum atomic E-state index is -3.09. The Kier molecular flexibility index (Phi) is 11.9. The van der Waals surface area contributed by atoms with Crippen LogP contribution in [0.25, 0.3) is 0 Å². The van der Waals surface area contributed by atoms with E-state index in [1.165, 1.54) is 24.7 Å². The first-order chi connectivity index (χ1) is 27.8. The summed E-state index contributed by atoms with van der Waals surface area (Å²) in [6.07, 6.45) is 2.94. The smallest absolute Gasteiger partial charge is 0.320 e. The molecular weight excluding hydrogens is 757 g/mol. The molecule has 0 spiro atoms. The van der Waals surface area contributed by atoms with Gasteiger partial charge in [-0.1, -0.05) is 163 Å². The van der Waals surface area contributed by atoms with Crippen LogP contribution < -0.4 is 40.5 Å². The van der Waals surface area contributed by atoms with Crippen molar-refractivity contribution in [2.45, 2.75) is 64.7 Å². The fraction of sp³-hybridized carbons (Fsp3) is 0.292. The predicted molar refractivity (Wildman–Crippen MR) is 237 cm³/mol. The summed E-state index contributed by atoms with van der Waals surface area (Å²) in [4.78, 5) is 32.1. The van der Waals surface area contributed by atoms with Gasteiger partial charge < -0.3 is 17.7 Å². The van der Waals surface area contributed by atoms with Crippen LogP contribution in [0.3, 0.4) is 0 Å². The fourth-order valence-corrected chi connectivity index (χ4v) is 17.3. The van der Waals surface area contributed by atoms with Crippen molar-refractivity contribution >= 4 is 37.4 Å². The number of rotatable bonds is 12. The van der Waals surface area contributed by atoms with Crippen LogP contribution >= 0.6 is 0 Å². The number of hydrogen-bond donors (Lipinski definition) is 0. The van der Waals surface area contributed by atoms with E-state index in [1.54, 1.807) is 0 Å². The lowest BCUT2D eigenvalue weighted by molar-refractivity contribution is 0.108. The van der Waals surface area contributed by atoms with Crippen molar-refractivity contribution in [2.24, 2.45) is 0 Å². The molecule has 0 saturated carbocycles. The molecule has 300 valence electrons. The summed E-state index contributed by atoms with van der Waals surface area (Å²) in [6.45, 7) is 16.8. The molecule has 58 heavy (non-hydrogen) atoms. The van der Waals surface area contributed by atoms with Crippen molar-refractivity contribution in [3.8, 4) is 11.5 Å². The molecule has 3 heterocycles. The first-order valence-electron chi connectivity index (χ1n) is 20.1. The summed E-state index contributed by atoms with van der Waals surface area (Å²) in [7, 11) is -6.18. The molecular formula is C48H54N2O6Si2. The quantitative estimate of drug-likeness (QED) is 0.125. The molecule has 1 fully saturated rings. The van der Waals surface area contributed by atoms with Crippen LogP contribution in [-0.4, -0.2) is 52.6 Å². The van der Waals surface area contributed by atoms with Gasteiger partial charge in [0.1, 0.15) is 0 Å². The van der Waals surface area contributed by atoms with E-state index in [1.807, 2.05) is 72.8 Å². The Morgan fingerprint density at radius 3 is 1.00 bits per heavy atom. The molecule has 0 unspecified atom stereocenters. The van der Waals surface area contributed by atoms with E-state index < -0.39 is 16.6 Å². The SMILES string of the molecule is CC(C)(C)[Si](Oc1c(CN2CCN(Cc3occc(=O)c3O[Si](c3ccccc3)(c3ccccc3)C(C)(C)C)CC2)occc1=O)(c1ccccc1)c1ccccc1. The third-order valence-electron chi connectivity index (χ3n) is 11.4. The molecule has 0 aliphatic carbocycles. The van der Waals surface area contributed by atoms with Crippen LogP contribution in [0.4, 0.5) is 0 Å². The minimum Gasteiger partial charge on any atom is -0.529 e. The van der Waals surface area contributed by atoms with Gasteiger partial charge in [-0.3, -0.25) is 19.4 Å². The van der Waals surface area contributed by atoms with Gasteiger partial charge in [0, 0.05) is 38.3 Å². The van der Waals surface area contributed by atoms with Gasteiger partial charge in [0.25, 0.3) is 0 Å². The van der Waals surface area contributed by atoms with Crippen LogP contribution in [0.5, 0.6) is 11.5 Å². The maximum Gasteiger partial charge on any atom is 0.320 e. The third kappa shape index (κ3) is 8.07. The lowest BCUT2D eigenvalue weighted by Crippen LogP contribution is -2.69. The zero-order chi connectivity index (χ0) is 41.0. The van der Waals surface area contributed by atoms with Crippen molar-refractivity contribution < 1.29 is 17.7 Å². The first kappa shape index (κ1) is 40.9. The number of piperazine rings is 1. The molecule has 10 heteroatoms. The normalized spacial score (nSPS) is 14.6. The molecule has 0 atom stereocenters. The average molecular weight is 811 g/mol. The molecule has 1 aliphatic heterocycles. The second-order valence-corrected chi connectivity index (χ2v) is 25.6. The van der Waals surface area contributed by atoms with Gasteiger partial charge in [-0.2, -0.15) is 0 Å². The Balaban J connectivity index is 1.13. The first-order valence-corrected chi connectivity index (χ1v) is 23.9. The molecule has 4 aromatic carbocycles. The van der Waals surface area contributed by atoms with Crippen LogP contribution in [0.1, 0.15) is 53.1 Å². The number of hydrogen-bond acceptors (Lipinski definition) is 8. The standard InChI is InChI=1S/C48H54N2O6Si2/c1-47(2,3)57(37-19-11-7-12-20-37,38-21-13-8-14-22-38)55-45-41(51)27-33-53-43(45)35-49-29-31-50(32-30-49)36-44-46(42(52)28-34-54-44)56-58(48(4,5)6,39-23-15-9-16-24-39)40-25-17-10-18-26-40/h7-28,33-34H,29-32,35-36H2,1-6H3. The second-order valence-electron chi connectivity index (χ2n) is 17.2. The van der Waals surface area contributed by atoms with Gasteiger partial charge in [-0.25, -0.2) is 0 Å². The molecule has 8 nitrogen and oxygen atoms in total. The van der Waals surface area contributed by atoms with Crippen molar-refractivity contribution in [2.75, 3.05) is 26.2 Å². The highest BCUT2D eigenvalue weighted by Gasteiger charge is 2.54. The van der Waals surface area contributed by atoms with E-state index in [-0.39, 0.29) is 32.4 Å². The van der Waals surface area contributed by atoms with Crippen LogP contribution in [0, 0.1) is 0 Å². The van der Waals surface area contributed by atoms with Crippen molar-refractivity contribution in [1.82, 2.24) is 9.80 Å². The lowest BCUT2D eigenvalue weighted by Gasteiger charge is -2.43. The molecule has 0 bridgehead atoms. The zero-order valence-electron chi connectivity index (χ0n) is 34.4. The second kappa shape index (κ2) is 16.9. The predicted octanol–water partition coefficient (Wildman–Crippen LogP) is 6.79. The Morgan fingerprint density at radius 1 is 0.466 bits per heavy atom. The number of nitrogens with zero attached hydrogens (tertiary/aromatic N) is 2. The highest BCUT2D eigenvalue weighted by atomic mass is 28.4. The van der Waals surface area contributed by atoms with Gasteiger partial charge in [0.15, 0.2) is 23.0 Å². The lowest BCUT2D eigenvalue weighted by atomic mass is 10.2. The summed E-state index contributed by atoms with van der Waals surface area (Å²) in [5, 5.41) is 3.69. The Hall–Kier alpha value is -5.27. The van der Waals surface area contributed by atoms with E-state index in [0.717, 1.165) is 20.7 Å². The summed E-state index contributed by atoms with van der Waals surface area (Å²) >= 11 is 0.